The molecule has 0 aliphatic heterocycles. The molecule has 2 aromatic heterocycles. The average Bonchev–Trinajstić information content (AvgIpc) is 3.79. The van der Waals surface area contributed by atoms with E-state index in [-0.39, 0.29) is 48.6 Å². The topological polar surface area (TPSA) is 50.9 Å². The summed E-state index contributed by atoms with van der Waals surface area (Å²) in [6.45, 7) is 19.0. The number of pyridine rings is 1. The SMILES string of the molecule is [2H]C([2H])([2H])c1cc(-c2c(-c3ccccc3)cccc2C(C)(C)C)ccc1-n1c(-c2cc(C(C)(C)C)cc(C)c2O)nc2c(-c3[c-]c(-c4cc(-c5ccc(-c6ccccc6)cc5)ccn4)cc(C(C)(C)C)c3)cccc21.[Pt]. The first-order chi connectivity index (χ1) is 35.5. The van der Waals surface area contributed by atoms with Gasteiger partial charge in [-0.15, -0.1) is 29.3 Å². The molecule has 0 saturated carbocycles. The fraction of sp³-hybridized carbons (Fsp3) is 0.206. The van der Waals surface area contributed by atoms with Crippen LogP contribution in [-0.2, 0) is 37.3 Å². The van der Waals surface area contributed by atoms with E-state index in [0.717, 1.165) is 78.0 Å². The summed E-state index contributed by atoms with van der Waals surface area (Å²) in [7, 11) is 0. The van der Waals surface area contributed by atoms with E-state index in [0.29, 0.717) is 33.7 Å². The molecule has 4 nitrogen and oxygen atoms in total. The number of imidazole rings is 1. The van der Waals surface area contributed by atoms with Crippen LogP contribution in [0, 0.1) is 19.8 Å². The summed E-state index contributed by atoms with van der Waals surface area (Å²) in [5.41, 5.74) is 17.2. The van der Waals surface area contributed by atoms with Gasteiger partial charge < -0.3 is 5.11 Å². The van der Waals surface area contributed by atoms with E-state index in [1.165, 1.54) is 5.56 Å². The number of aromatic hydroxyl groups is 1. The number of nitrogens with zero attached hydrogens (tertiary/aromatic N) is 3. The van der Waals surface area contributed by atoms with Gasteiger partial charge in [-0.05, 0) is 127 Å². The molecular weight excluding hydrogens is 1070 g/mol. The second-order valence-electron chi connectivity index (χ2n) is 22.3. The molecule has 0 aliphatic carbocycles. The Morgan fingerprint density at radius 3 is 1.75 bits per heavy atom. The molecule has 0 bridgehead atoms. The van der Waals surface area contributed by atoms with Crippen LogP contribution in [0.15, 0.2) is 182 Å². The standard InChI is InChI=1S/C68H64N3O.Pt/c1-43-36-50(62-55(48-22-16-13-17-23-48)24-18-26-58(62)68(9,10)11)32-33-60(43)71-61-27-19-25-56(63(61)70-65(71)57-42-53(66(3,4)5)37-44(2)64(57)72)51-38-52(40-54(39-51)67(6,7)8)59-41-49(34-35-69-59)47-30-28-46(29-31-47)45-20-14-12-15-21-45;/h12-37,39-42,72H,1-11H3;/q-1;/i1D3;. The zero-order chi connectivity index (χ0) is 53.2. The molecule has 0 amide bonds. The maximum Gasteiger partial charge on any atom is 0.148 e. The average molecular weight is 1140 g/mol. The Balaban J connectivity index is 0.00000706. The van der Waals surface area contributed by atoms with Gasteiger partial charge in [0, 0.05) is 37.1 Å². The summed E-state index contributed by atoms with van der Waals surface area (Å²) in [6.07, 6.45) is 1.86. The molecule has 73 heavy (non-hydrogen) atoms. The first-order valence-corrected chi connectivity index (χ1v) is 25.0. The maximum absolute atomic E-state index is 12.2. The normalized spacial score (nSPS) is 12.8. The minimum atomic E-state index is -2.55. The van der Waals surface area contributed by atoms with Crippen molar-refractivity contribution in [3.05, 3.63) is 216 Å². The molecule has 0 aliphatic rings. The van der Waals surface area contributed by atoms with E-state index in [1.54, 1.807) is 0 Å². The second kappa shape index (κ2) is 19.7. The Labute approximate surface area is 451 Å². The Hall–Kier alpha value is -7.13. The maximum atomic E-state index is 12.2. The van der Waals surface area contributed by atoms with Crippen LogP contribution in [0.25, 0.3) is 95.0 Å². The van der Waals surface area contributed by atoms with Gasteiger partial charge in [0.1, 0.15) is 11.6 Å². The van der Waals surface area contributed by atoms with Crippen molar-refractivity contribution in [1.82, 2.24) is 14.5 Å². The van der Waals surface area contributed by atoms with Crippen molar-refractivity contribution in [2.24, 2.45) is 0 Å². The Kier molecular flexibility index (Phi) is 12.7. The van der Waals surface area contributed by atoms with Gasteiger partial charge in [0.15, 0.2) is 0 Å². The molecule has 368 valence electrons. The van der Waals surface area contributed by atoms with Crippen molar-refractivity contribution in [3.63, 3.8) is 0 Å². The number of phenols is 1. The van der Waals surface area contributed by atoms with Gasteiger partial charge in [-0.2, -0.15) is 0 Å². The minimum absolute atomic E-state index is 0. The minimum Gasteiger partial charge on any atom is -0.507 e. The molecule has 0 spiro atoms. The van der Waals surface area contributed by atoms with Crippen LogP contribution in [0.2, 0.25) is 0 Å². The van der Waals surface area contributed by atoms with Crippen molar-refractivity contribution >= 4 is 11.0 Å². The molecule has 1 N–H and O–H groups in total. The summed E-state index contributed by atoms with van der Waals surface area (Å²) >= 11 is 0. The van der Waals surface area contributed by atoms with E-state index in [1.807, 2.05) is 90.5 Å². The number of phenolic OH excluding ortho intramolecular Hbond substituents is 1. The number of benzene rings is 8. The van der Waals surface area contributed by atoms with Gasteiger partial charge in [-0.25, -0.2) is 4.98 Å². The molecule has 5 heteroatoms. The molecule has 0 unspecified atom stereocenters. The van der Waals surface area contributed by atoms with Gasteiger partial charge in [0.05, 0.1) is 22.3 Å². The van der Waals surface area contributed by atoms with E-state index < -0.39 is 6.85 Å². The van der Waals surface area contributed by atoms with Crippen molar-refractivity contribution in [2.75, 3.05) is 0 Å². The molecule has 0 fully saturated rings. The van der Waals surface area contributed by atoms with Crippen LogP contribution in [0.1, 0.15) is 94.2 Å². The van der Waals surface area contributed by atoms with E-state index in [4.69, 9.17) is 9.97 Å². The first kappa shape index (κ1) is 46.9. The zero-order valence-electron chi connectivity index (χ0n) is 46.4. The summed E-state index contributed by atoms with van der Waals surface area (Å²) in [5.74, 6) is 0.520. The van der Waals surface area contributed by atoms with Gasteiger partial charge in [0.25, 0.3) is 0 Å². The summed E-state index contributed by atoms with van der Waals surface area (Å²) in [5, 5.41) is 12.2. The molecule has 8 aromatic carbocycles. The smallest absolute Gasteiger partial charge is 0.148 e. The summed E-state index contributed by atoms with van der Waals surface area (Å²) in [6, 6.07) is 63.9. The summed E-state index contributed by atoms with van der Waals surface area (Å²) < 4.78 is 29.7. The number of aromatic nitrogens is 3. The fourth-order valence-electron chi connectivity index (χ4n) is 9.89. The number of para-hydroxylation sites is 1. The van der Waals surface area contributed by atoms with Gasteiger partial charge in [-0.1, -0.05) is 207 Å². The van der Waals surface area contributed by atoms with Crippen molar-refractivity contribution in [2.45, 2.75) is 92.3 Å². The molecule has 0 radical (unpaired) electrons. The molecular formula is C68H64N3OPt-. The van der Waals surface area contributed by atoms with Crippen LogP contribution in [-0.4, -0.2) is 19.6 Å². The van der Waals surface area contributed by atoms with Crippen LogP contribution < -0.4 is 0 Å². The van der Waals surface area contributed by atoms with Gasteiger partial charge in [0.2, 0.25) is 0 Å². The Morgan fingerprint density at radius 2 is 1.10 bits per heavy atom. The third-order valence-corrected chi connectivity index (χ3v) is 14.0. The van der Waals surface area contributed by atoms with Crippen molar-refractivity contribution in [3.8, 4) is 89.7 Å². The number of aryl methyl sites for hydroxylation is 2. The third-order valence-electron chi connectivity index (χ3n) is 14.0. The van der Waals surface area contributed by atoms with Crippen molar-refractivity contribution in [1.29, 1.82) is 0 Å². The monoisotopic (exact) mass is 1140 g/mol. The largest absolute Gasteiger partial charge is 0.507 e. The molecule has 10 aromatic rings. The number of rotatable bonds is 8. The van der Waals surface area contributed by atoms with E-state index in [2.05, 4.69) is 172 Å². The molecule has 10 rings (SSSR count). The molecule has 2 heterocycles. The van der Waals surface area contributed by atoms with E-state index in [9.17, 15) is 9.22 Å². The third kappa shape index (κ3) is 10.0. The fourth-order valence-corrected chi connectivity index (χ4v) is 9.89. The number of fused-ring (bicyclic) bond motifs is 1. The quantitative estimate of drug-likeness (QED) is 0.154. The van der Waals surface area contributed by atoms with Crippen LogP contribution >= 0.6 is 0 Å². The number of hydrogen-bond donors (Lipinski definition) is 1. The Bertz CT molecular complexity index is 3760. The van der Waals surface area contributed by atoms with Crippen LogP contribution in [0.5, 0.6) is 5.75 Å². The predicted octanol–water partition coefficient (Wildman–Crippen LogP) is 18.1. The molecule has 0 atom stereocenters. The number of hydrogen-bond acceptors (Lipinski definition) is 3. The Morgan fingerprint density at radius 1 is 0.507 bits per heavy atom. The van der Waals surface area contributed by atoms with Gasteiger partial charge in [-0.3, -0.25) is 9.55 Å². The zero-order valence-corrected chi connectivity index (χ0v) is 45.7. The second-order valence-corrected chi connectivity index (χ2v) is 22.3. The summed E-state index contributed by atoms with van der Waals surface area (Å²) in [4.78, 5) is 10.5. The predicted molar refractivity (Wildman–Crippen MR) is 303 cm³/mol. The molecule has 0 saturated heterocycles. The first-order valence-electron chi connectivity index (χ1n) is 26.5. The van der Waals surface area contributed by atoms with Crippen LogP contribution in [0.3, 0.4) is 0 Å². The van der Waals surface area contributed by atoms with Crippen LogP contribution in [0.4, 0.5) is 0 Å². The van der Waals surface area contributed by atoms with Gasteiger partial charge >= 0.3 is 0 Å². The van der Waals surface area contributed by atoms with E-state index >= 15 is 0 Å². The van der Waals surface area contributed by atoms with Crippen molar-refractivity contribution < 1.29 is 30.3 Å².